The molecule has 2 N–H and O–H groups in total. The number of amides is 1. The molecule has 0 unspecified atom stereocenters. The first-order valence-corrected chi connectivity index (χ1v) is 9.56. The van der Waals surface area contributed by atoms with Crippen molar-refractivity contribution in [2.24, 2.45) is 0 Å². The van der Waals surface area contributed by atoms with Crippen molar-refractivity contribution < 1.29 is 24.2 Å². The number of hydrogen-bond donors (Lipinski definition) is 2. The fourth-order valence-corrected chi connectivity index (χ4v) is 2.80. The van der Waals surface area contributed by atoms with Crippen molar-refractivity contribution in [1.29, 1.82) is 0 Å². The number of alkyl carbamates (subject to hydrolysis) is 1. The Hall–Kier alpha value is -3.80. The fraction of sp³-hybridized carbons (Fsp3) is 0.167. The molecule has 3 aromatic rings. The van der Waals surface area contributed by atoms with Crippen LogP contribution in [-0.2, 0) is 29.2 Å². The number of nitrogens with one attached hydrogen (secondary N) is 1. The number of carboxylic acid groups (broad SMARTS) is 1. The van der Waals surface area contributed by atoms with Crippen molar-refractivity contribution >= 4 is 12.1 Å². The fourth-order valence-electron chi connectivity index (χ4n) is 2.80. The third kappa shape index (κ3) is 6.67. The van der Waals surface area contributed by atoms with Crippen molar-refractivity contribution in [2.75, 3.05) is 0 Å². The number of para-hydroxylation sites is 1. The minimum absolute atomic E-state index is 0.0450. The molecule has 0 aromatic heterocycles. The minimum atomic E-state index is -1.11. The van der Waals surface area contributed by atoms with Crippen LogP contribution in [0.15, 0.2) is 84.9 Å². The van der Waals surface area contributed by atoms with E-state index in [4.69, 9.17) is 9.47 Å². The molecule has 0 heterocycles. The Morgan fingerprint density at radius 2 is 1.33 bits per heavy atom. The molecule has 0 aliphatic rings. The summed E-state index contributed by atoms with van der Waals surface area (Å²) in [6.45, 7) is 0.481. The number of benzene rings is 3. The third-order valence-corrected chi connectivity index (χ3v) is 4.41. The normalized spacial score (nSPS) is 11.3. The summed E-state index contributed by atoms with van der Waals surface area (Å²) in [5.41, 5.74) is 2.60. The van der Waals surface area contributed by atoms with Gasteiger partial charge in [-0.1, -0.05) is 72.8 Å². The van der Waals surface area contributed by atoms with Gasteiger partial charge in [0.25, 0.3) is 0 Å². The SMILES string of the molecule is O=C(N[C@H](Cc1ccccc1)C(=O)O)OCc1ccc(COc2ccccc2)cc1. The monoisotopic (exact) mass is 405 g/mol. The first-order chi connectivity index (χ1) is 14.6. The van der Waals surface area contributed by atoms with Gasteiger partial charge < -0.3 is 19.9 Å². The highest BCUT2D eigenvalue weighted by atomic mass is 16.5. The summed E-state index contributed by atoms with van der Waals surface area (Å²) >= 11 is 0. The molecule has 3 rings (SSSR count). The maximum Gasteiger partial charge on any atom is 0.408 e. The number of carbonyl (C=O) groups excluding carboxylic acids is 1. The van der Waals surface area contributed by atoms with Crippen LogP contribution < -0.4 is 10.1 Å². The molecule has 0 spiro atoms. The lowest BCUT2D eigenvalue weighted by molar-refractivity contribution is -0.139. The Morgan fingerprint density at radius 3 is 1.93 bits per heavy atom. The van der Waals surface area contributed by atoms with E-state index < -0.39 is 18.1 Å². The number of ether oxygens (including phenoxy) is 2. The summed E-state index contributed by atoms with van der Waals surface area (Å²) in [5.74, 6) is -0.316. The zero-order valence-electron chi connectivity index (χ0n) is 16.4. The van der Waals surface area contributed by atoms with E-state index in [1.54, 1.807) is 0 Å². The van der Waals surface area contributed by atoms with Gasteiger partial charge in [-0.05, 0) is 28.8 Å². The largest absolute Gasteiger partial charge is 0.489 e. The minimum Gasteiger partial charge on any atom is -0.489 e. The Kier molecular flexibility index (Phi) is 7.44. The summed E-state index contributed by atoms with van der Waals surface area (Å²) in [5, 5.41) is 11.8. The molecule has 3 aromatic carbocycles. The Labute approximate surface area is 175 Å². The molecule has 0 saturated carbocycles. The lowest BCUT2D eigenvalue weighted by Crippen LogP contribution is -2.42. The predicted molar refractivity (Wildman–Crippen MR) is 112 cm³/mol. The van der Waals surface area contributed by atoms with Gasteiger partial charge in [0.15, 0.2) is 0 Å². The van der Waals surface area contributed by atoms with Gasteiger partial charge in [-0.25, -0.2) is 9.59 Å². The van der Waals surface area contributed by atoms with Gasteiger partial charge in [0.2, 0.25) is 0 Å². The van der Waals surface area contributed by atoms with E-state index in [2.05, 4.69) is 5.32 Å². The van der Waals surface area contributed by atoms with E-state index in [1.807, 2.05) is 84.9 Å². The summed E-state index contributed by atoms with van der Waals surface area (Å²) < 4.78 is 10.9. The molecule has 0 bridgehead atoms. The van der Waals surface area contributed by atoms with E-state index in [9.17, 15) is 14.7 Å². The van der Waals surface area contributed by atoms with Gasteiger partial charge in [0.05, 0.1) is 0 Å². The maximum atomic E-state index is 12.0. The number of rotatable bonds is 9. The van der Waals surface area contributed by atoms with Crippen LogP contribution in [0, 0.1) is 0 Å². The summed E-state index contributed by atoms with van der Waals surface area (Å²) in [4.78, 5) is 23.5. The van der Waals surface area contributed by atoms with E-state index in [0.29, 0.717) is 6.61 Å². The molecule has 0 radical (unpaired) electrons. The van der Waals surface area contributed by atoms with Crippen molar-refractivity contribution in [1.82, 2.24) is 5.32 Å². The van der Waals surface area contributed by atoms with E-state index in [-0.39, 0.29) is 13.0 Å². The molecule has 0 aliphatic heterocycles. The standard InChI is InChI=1S/C24H23NO5/c26-23(27)22(15-18-7-3-1-4-8-18)25-24(28)30-17-20-13-11-19(12-14-20)16-29-21-9-5-2-6-10-21/h1-14,22H,15-17H2,(H,25,28)(H,26,27)/t22-/m1/s1. The molecule has 30 heavy (non-hydrogen) atoms. The maximum absolute atomic E-state index is 12.0. The summed E-state index contributed by atoms with van der Waals surface area (Å²) in [6, 6.07) is 25.1. The third-order valence-electron chi connectivity index (χ3n) is 4.41. The first-order valence-electron chi connectivity index (χ1n) is 9.56. The Balaban J connectivity index is 1.45. The van der Waals surface area contributed by atoms with Crippen LogP contribution in [0.25, 0.3) is 0 Å². The van der Waals surface area contributed by atoms with E-state index >= 15 is 0 Å². The molecule has 0 fully saturated rings. The van der Waals surface area contributed by atoms with Crippen LogP contribution in [0.2, 0.25) is 0 Å². The molecule has 0 aliphatic carbocycles. The predicted octanol–water partition coefficient (Wildman–Crippen LogP) is 4.19. The second-order valence-corrected chi connectivity index (χ2v) is 6.72. The van der Waals surface area contributed by atoms with Crippen LogP contribution in [0.1, 0.15) is 16.7 Å². The highest BCUT2D eigenvalue weighted by Gasteiger charge is 2.21. The Bertz CT molecular complexity index is 942. The van der Waals surface area contributed by atoms with Crippen LogP contribution in [0.3, 0.4) is 0 Å². The molecule has 0 saturated heterocycles. The summed E-state index contributed by atoms with van der Waals surface area (Å²) in [6.07, 6.45) is -0.587. The first kappa shape index (κ1) is 20.9. The van der Waals surface area contributed by atoms with Crippen molar-refractivity contribution in [2.45, 2.75) is 25.7 Å². The van der Waals surface area contributed by atoms with E-state index in [0.717, 1.165) is 22.4 Å². The molecule has 6 nitrogen and oxygen atoms in total. The molecular weight excluding hydrogens is 382 g/mol. The van der Waals surface area contributed by atoms with Gasteiger partial charge >= 0.3 is 12.1 Å². The number of aliphatic carboxylic acids is 1. The van der Waals surface area contributed by atoms with Gasteiger partial charge in [0, 0.05) is 6.42 Å². The zero-order valence-corrected chi connectivity index (χ0v) is 16.4. The van der Waals surface area contributed by atoms with Gasteiger partial charge in [0.1, 0.15) is 25.0 Å². The topological polar surface area (TPSA) is 84.9 Å². The Morgan fingerprint density at radius 1 is 0.767 bits per heavy atom. The van der Waals surface area contributed by atoms with Crippen molar-refractivity contribution in [3.63, 3.8) is 0 Å². The van der Waals surface area contributed by atoms with Crippen molar-refractivity contribution in [3.05, 3.63) is 102 Å². The lowest BCUT2D eigenvalue weighted by atomic mass is 10.1. The quantitative estimate of drug-likeness (QED) is 0.558. The number of carbonyl (C=O) groups is 2. The zero-order chi connectivity index (χ0) is 21.2. The average Bonchev–Trinajstić information content (AvgIpc) is 2.78. The lowest BCUT2D eigenvalue weighted by Gasteiger charge is -2.15. The summed E-state index contributed by atoms with van der Waals surface area (Å²) in [7, 11) is 0. The number of hydrogen-bond acceptors (Lipinski definition) is 4. The van der Waals surface area contributed by atoms with Gasteiger partial charge in [-0.2, -0.15) is 0 Å². The molecule has 1 atom stereocenters. The van der Waals surface area contributed by atoms with Gasteiger partial charge in [-0.15, -0.1) is 0 Å². The highest BCUT2D eigenvalue weighted by Crippen LogP contribution is 2.13. The van der Waals surface area contributed by atoms with Gasteiger partial charge in [-0.3, -0.25) is 0 Å². The molecular formula is C24H23NO5. The van der Waals surface area contributed by atoms with Crippen LogP contribution in [0.4, 0.5) is 4.79 Å². The van der Waals surface area contributed by atoms with Crippen LogP contribution in [0.5, 0.6) is 5.75 Å². The smallest absolute Gasteiger partial charge is 0.408 e. The van der Waals surface area contributed by atoms with Crippen LogP contribution in [-0.4, -0.2) is 23.2 Å². The second kappa shape index (κ2) is 10.7. The van der Waals surface area contributed by atoms with E-state index in [1.165, 1.54) is 0 Å². The second-order valence-electron chi connectivity index (χ2n) is 6.72. The molecule has 154 valence electrons. The number of carboxylic acids is 1. The molecule has 6 heteroatoms. The highest BCUT2D eigenvalue weighted by molar-refractivity contribution is 5.80. The van der Waals surface area contributed by atoms with Crippen LogP contribution >= 0.6 is 0 Å². The molecule has 1 amide bonds. The average molecular weight is 405 g/mol. The van der Waals surface area contributed by atoms with Crippen molar-refractivity contribution in [3.8, 4) is 5.75 Å².